The average molecular weight is 212 g/mol. The Morgan fingerprint density at radius 3 is 3.07 bits per heavy atom. The maximum Gasteiger partial charge on any atom is 0.315 e. The van der Waals surface area contributed by atoms with Gasteiger partial charge in [0.25, 0.3) is 0 Å². The zero-order valence-electron chi connectivity index (χ0n) is 9.25. The highest BCUT2D eigenvalue weighted by Crippen LogP contribution is 2.37. The van der Waals surface area contributed by atoms with Crippen molar-refractivity contribution < 1.29 is 9.90 Å². The molecule has 0 aromatic carbocycles. The van der Waals surface area contributed by atoms with Crippen molar-refractivity contribution in [2.75, 3.05) is 13.2 Å². The average Bonchev–Trinajstić information content (AvgIpc) is 2.58. The van der Waals surface area contributed by atoms with Crippen molar-refractivity contribution >= 4 is 6.03 Å². The van der Waals surface area contributed by atoms with Crippen LogP contribution in [0.1, 0.15) is 26.2 Å². The highest BCUT2D eigenvalue weighted by Gasteiger charge is 2.38. The van der Waals surface area contributed by atoms with Crippen LogP contribution < -0.4 is 10.6 Å². The molecule has 0 aliphatic heterocycles. The molecule has 2 unspecified atom stereocenters. The smallest absolute Gasteiger partial charge is 0.315 e. The Morgan fingerprint density at radius 2 is 2.47 bits per heavy atom. The van der Waals surface area contributed by atoms with E-state index in [-0.39, 0.29) is 24.1 Å². The Hall–Kier alpha value is -1.03. The number of hydrogen-bond acceptors (Lipinski definition) is 2. The van der Waals surface area contributed by atoms with Gasteiger partial charge in [0.05, 0.1) is 6.61 Å². The number of rotatable bonds is 4. The highest BCUT2D eigenvalue weighted by molar-refractivity contribution is 5.74. The molecule has 0 heterocycles. The van der Waals surface area contributed by atoms with Gasteiger partial charge in [-0.3, -0.25) is 0 Å². The first kappa shape index (κ1) is 12.0. The van der Waals surface area contributed by atoms with E-state index in [9.17, 15) is 9.90 Å². The third-order valence-corrected chi connectivity index (χ3v) is 3.16. The van der Waals surface area contributed by atoms with Crippen LogP contribution in [-0.4, -0.2) is 30.3 Å². The SMILES string of the molecule is C=CCNC(=O)NC1CCCC1(C)CO. The minimum Gasteiger partial charge on any atom is -0.396 e. The standard InChI is InChI=1S/C11H20N2O2/c1-3-7-12-10(15)13-9-5-4-6-11(9,2)8-14/h3,9,14H,1,4-8H2,2H3,(H2,12,13,15). The molecule has 15 heavy (non-hydrogen) atoms. The Labute approximate surface area is 90.7 Å². The van der Waals surface area contributed by atoms with Crippen LogP contribution in [0, 0.1) is 5.41 Å². The van der Waals surface area contributed by atoms with Gasteiger partial charge in [0.2, 0.25) is 0 Å². The number of carbonyl (C=O) groups is 1. The maximum absolute atomic E-state index is 11.4. The summed E-state index contributed by atoms with van der Waals surface area (Å²) in [7, 11) is 0. The lowest BCUT2D eigenvalue weighted by atomic mass is 9.86. The number of aliphatic hydroxyl groups excluding tert-OH is 1. The predicted molar refractivity (Wildman–Crippen MR) is 59.6 cm³/mol. The first-order chi connectivity index (χ1) is 7.12. The van der Waals surface area contributed by atoms with Crippen LogP contribution in [0.5, 0.6) is 0 Å². The van der Waals surface area contributed by atoms with Gasteiger partial charge in [-0.1, -0.05) is 19.4 Å². The molecule has 0 bridgehead atoms. The Morgan fingerprint density at radius 1 is 1.73 bits per heavy atom. The third-order valence-electron chi connectivity index (χ3n) is 3.16. The molecule has 0 aromatic heterocycles. The fourth-order valence-electron chi connectivity index (χ4n) is 2.04. The van der Waals surface area contributed by atoms with E-state index in [0.29, 0.717) is 6.54 Å². The lowest BCUT2D eigenvalue weighted by Crippen LogP contribution is -2.48. The molecule has 2 atom stereocenters. The van der Waals surface area contributed by atoms with E-state index in [0.717, 1.165) is 19.3 Å². The summed E-state index contributed by atoms with van der Waals surface area (Å²) in [5, 5.41) is 14.9. The Bertz CT molecular complexity index is 243. The number of nitrogens with one attached hydrogen (secondary N) is 2. The second-order valence-electron chi connectivity index (χ2n) is 4.40. The molecule has 0 spiro atoms. The second-order valence-corrected chi connectivity index (χ2v) is 4.40. The fraction of sp³-hybridized carbons (Fsp3) is 0.727. The van der Waals surface area contributed by atoms with Crippen molar-refractivity contribution in [1.82, 2.24) is 10.6 Å². The lowest BCUT2D eigenvalue weighted by molar-refractivity contribution is 0.121. The first-order valence-corrected chi connectivity index (χ1v) is 5.38. The van der Waals surface area contributed by atoms with Crippen LogP contribution in [0.4, 0.5) is 4.79 Å². The van der Waals surface area contributed by atoms with Gasteiger partial charge in [0, 0.05) is 18.0 Å². The molecule has 1 aliphatic carbocycles. The van der Waals surface area contributed by atoms with E-state index in [2.05, 4.69) is 17.2 Å². The van der Waals surface area contributed by atoms with Crippen molar-refractivity contribution in [1.29, 1.82) is 0 Å². The van der Waals surface area contributed by atoms with Crippen LogP contribution in [0.3, 0.4) is 0 Å². The quantitative estimate of drug-likeness (QED) is 0.609. The van der Waals surface area contributed by atoms with Crippen molar-refractivity contribution in [3.05, 3.63) is 12.7 Å². The molecule has 86 valence electrons. The predicted octanol–water partition coefficient (Wildman–Crippen LogP) is 1.02. The summed E-state index contributed by atoms with van der Waals surface area (Å²) < 4.78 is 0. The van der Waals surface area contributed by atoms with Gasteiger partial charge >= 0.3 is 6.03 Å². The first-order valence-electron chi connectivity index (χ1n) is 5.38. The van der Waals surface area contributed by atoms with Crippen LogP contribution >= 0.6 is 0 Å². The van der Waals surface area contributed by atoms with Gasteiger partial charge in [0.15, 0.2) is 0 Å². The van der Waals surface area contributed by atoms with E-state index in [1.165, 1.54) is 0 Å². The Kier molecular flexibility index (Phi) is 4.15. The second kappa shape index (κ2) is 5.16. The van der Waals surface area contributed by atoms with Crippen LogP contribution in [0.15, 0.2) is 12.7 Å². The van der Waals surface area contributed by atoms with Gasteiger partial charge < -0.3 is 15.7 Å². The highest BCUT2D eigenvalue weighted by atomic mass is 16.3. The number of urea groups is 1. The van der Waals surface area contributed by atoms with Gasteiger partial charge in [-0.05, 0) is 12.8 Å². The van der Waals surface area contributed by atoms with Crippen molar-refractivity contribution in [2.45, 2.75) is 32.2 Å². The zero-order chi connectivity index (χ0) is 11.3. The molecular formula is C11H20N2O2. The number of carbonyl (C=O) groups excluding carboxylic acids is 1. The van der Waals surface area contributed by atoms with E-state index in [1.807, 2.05) is 6.92 Å². The molecule has 3 N–H and O–H groups in total. The van der Waals surface area contributed by atoms with Crippen LogP contribution in [0.2, 0.25) is 0 Å². The molecule has 1 saturated carbocycles. The largest absolute Gasteiger partial charge is 0.396 e. The van der Waals surface area contributed by atoms with Crippen LogP contribution in [-0.2, 0) is 0 Å². The molecule has 1 aliphatic rings. The van der Waals surface area contributed by atoms with E-state index in [1.54, 1.807) is 6.08 Å². The van der Waals surface area contributed by atoms with E-state index < -0.39 is 0 Å². The summed E-state index contributed by atoms with van der Waals surface area (Å²) in [5.74, 6) is 0. The maximum atomic E-state index is 11.4. The summed E-state index contributed by atoms with van der Waals surface area (Å²) in [5.41, 5.74) is -0.161. The normalized spacial score (nSPS) is 29.9. The minimum atomic E-state index is -0.179. The van der Waals surface area contributed by atoms with Gasteiger partial charge in [-0.25, -0.2) is 4.79 Å². The number of hydrogen-bond donors (Lipinski definition) is 3. The molecule has 0 radical (unpaired) electrons. The van der Waals surface area contributed by atoms with Crippen LogP contribution in [0.25, 0.3) is 0 Å². The van der Waals surface area contributed by atoms with Gasteiger partial charge in [-0.15, -0.1) is 6.58 Å². The van der Waals surface area contributed by atoms with E-state index in [4.69, 9.17) is 0 Å². The zero-order valence-corrected chi connectivity index (χ0v) is 9.25. The molecule has 2 amide bonds. The summed E-state index contributed by atoms with van der Waals surface area (Å²) in [6, 6.07) is -0.103. The molecule has 4 heteroatoms. The third kappa shape index (κ3) is 2.96. The molecule has 0 saturated heterocycles. The van der Waals surface area contributed by atoms with Crippen molar-refractivity contribution in [3.8, 4) is 0 Å². The summed E-state index contributed by atoms with van der Waals surface area (Å²) in [6.07, 6.45) is 4.61. The molecule has 4 nitrogen and oxygen atoms in total. The Balaban J connectivity index is 2.43. The molecule has 1 fully saturated rings. The van der Waals surface area contributed by atoms with Crippen molar-refractivity contribution in [2.24, 2.45) is 5.41 Å². The number of amides is 2. The summed E-state index contributed by atoms with van der Waals surface area (Å²) in [6.45, 7) is 6.13. The molecule has 1 rings (SSSR count). The summed E-state index contributed by atoms with van der Waals surface area (Å²) in [4.78, 5) is 11.4. The monoisotopic (exact) mass is 212 g/mol. The van der Waals surface area contributed by atoms with E-state index >= 15 is 0 Å². The summed E-state index contributed by atoms with van der Waals surface area (Å²) >= 11 is 0. The fourth-order valence-corrected chi connectivity index (χ4v) is 2.04. The molecule has 0 aromatic rings. The minimum absolute atomic E-state index is 0.0762. The molecular weight excluding hydrogens is 192 g/mol. The topological polar surface area (TPSA) is 61.4 Å². The lowest BCUT2D eigenvalue weighted by Gasteiger charge is -2.29. The number of aliphatic hydroxyl groups is 1. The van der Waals surface area contributed by atoms with Gasteiger partial charge in [0.1, 0.15) is 0 Å². The van der Waals surface area contributed by atoms with Gasteiger partial charge in [-0.2, -0.15) is 0 Å². The van der Waals surface area contributed by atoms with Crippen molar-refractivity contribution in [3.63, 3.8) is 0 Å².